The number of aromatic amines is 1. The molecule has 1 unspecified atom stereocenters. The summed E-state index contributed by atoms with van der Waals surface area (Å²) in [6.07, 6.45) is 22.4. The standard InChI is InChI=1S/C36H65N5O4/c1-6-9-10-11-12-13-14-17-20-23-26-40(32(43)8-3)28-30(31(42)7-2)25-22-19-16-15-18-21-24-27-41-29-38(4)33-34(44)37-36(45)39(5)35(33)41/h30H,6-29H2,1-5H3,(H,37,44,45). The fraction of sp³-hybridized carbons (Fsp3) is 0.833. The van der Waals surface area contributed by atoms with E-state index in [4.69, 9.17) is 0 Å². The molecule has 1 amide bonds. The summed E-state index contributed by atoms with van der Waals surface area (Å²) in [5.41, 5.74) is -0.127. The normalized spacial score (nSPS) is 13.4. The van der Waals surface area contributed by atoms with Crippen LogP contribution >= 0.6 is 0 Å². The lowest BCUT2D eigenvalue weighted by Gasteiger charge is -2.27. The van der Waals surface area contributed by atoms with Crippen molar-refractivity contribution in [3.05, 3.63) is 20.8 Å². The van der Waals surface area contributed by atoms with E-state index in [1.165, 1.54) is 62.4 Å². The van der Waals surface area contributed by atoms with Crippen LogP contribution in [0.2, 0.25) is 0 Å². The zero-order valence-corrected chi connectivity index (χ0v) is 29.5. The van der Waals surface area contributed by atoms with Crippen LogP contribution in [0.5, 0.6) is 0 Å². The fourth-order valence-corrected chi connectivity index (χ4v) is 6.69. The second-order valence-electron chi connectivity index (χ2n) is 13.2. The number of hydrogen-bond acceptors (Lipinski definition) is 6. The van der Waals surface area contributed by atoms with E-state index >= 15 is 0 Å². The SMILES string of the molecule is CCCCCCCCCCCCN(CC(CCCCCCCCCN1CN(C)c2c1n(C)c(=O)[nH]c2=O)C(=O)CC)C(=O)CC. The van der Waals surface area contributed by atoms with Gasteiger partial charge in [-0.3, -0.25) is 23.9 Å². The van der Waals surface area contributed by atoms with Gasteiger partial charge in [-0.25, -0.2) is 4.79 Å². The lowest BCUT2D eigenvalue weighted by Crippen LogP contribution is -2.38. The third-order valence-corrected chi connectivity index (χ3v) is 9.50. The highest BCUT2D eigenvalue weighted by atomic mass is 16.2. The summed E-state index contributed by atoms with van der Waals surface area (Å²) in [5.74, 6) is 1.14. The number of anilines is 2. The highest BCUT2D eigenvalue weighted by molar-refractivity contribution is 5.82. The third kappa shape index (κ3) is 13.4. The van der Waals surface area contributed by atoms with Crippen LogP contribution in [-0.2, 0) is 16.6 Å². The monoisotopic (exact) mass is 632 g/mol. The molecule has 1 atom stereocenters. The molecule has 9 nitrogen and oxygen atoms in total. The Hall–Kier alpha value is -2.58. The molecule has 0 aliphatic carbocycles. The molecule has 0 spiro atoms. The van der Waals surface area contributed by atoms with Crippen molar-refractivity contribution in [3.63, 3.8) is 0 Å². The molecular weight excluding hydrogens is 566 g/mol. The van der Waals surface area contributed by atoms with Crippen LogP contribution in [0.15, 0.2) is 9.59 Å². The number of unbranched alkanes of at least 4 members (excludes halogenated alkanes) is 15. The lowest BCUT2D eigenvalue weighted by atomic mass is 9.93. The first-order valence-electron chi connectivity index (χ1n) is 18.3. The maximum absolute atomic E-state index is 12.8. The summed E-state index contributed by atoms with van der Waals surface area (Å²) in [7, 11) is 3.59. The first kappa shape index (κ1) is 38.6. The number of carbonyl (C=O) groups excluding carboxylic acids is 2. The van der Waals surface area contributed by atoms with Crippen molar-refractivity contribution in [2.24, 2.45) is 13.0 Å². The number of H-pyrrole nitrogens is 1. The van der Waals surface area contributed by atoms with Crippen molar-refractivity contribution in [2.75, 3.05) is 43.2 Å². The smallest absolute Gasteiger partial charge is 0.329 e. The third-order valence-electron chi connectivity index (χ3n) is 9.50. The molecule has 258 valence electrons. The van der Waals surface area contributed by atoms with Crippen LogP contribution < -0.4 is 21.0 Å². The molecule has 1 aromatic heterocycles. The molecule has 0 bridgehead atoms. The van der Waals surface area contributed by atoms with E-state index in [-0.39, 0.29) is 23.1 Å². The highest BCUT2D eigenvalue weighted by Gasteiger charge is 2.29. The Morgan fingerprint density at radius 1 is 0.756 bits per heavy atom. The predicted octanol–water partition coefficient (Wildman–Crippen LogP) is 7.16. The van der Waals surface area contributed by atoms with E-state index in [0.29, 0.717) is 43.3 Å². The minimum absolute atomic E-state index is 0.0432. The van der Waals surface area contributed by atoms with Gasteiger partial charge in [0.15, 0.2) is 0 Å². The molecule has 0 saturated carbocycles. The summed E-state index contributed by atoms with van der Waals surface area (Å²) in [5, 5.41) is 0. The Morgan fingerprint density at radius 3 is 1.89 bits per heavy atom. The molecule has 1 aromatic rings. The number of amides is 1. The van der Waals surface area contributed by atoms with Gasteiger partial charge < -0.3 is 14.7 Å². The van der Waals surface area contributed by atoms with Crippen molar-refractivity contribution >= 4 is 23.2 Å². The van der Waals surface area contributed by atoms with Crippen LogP contribution in [0.1, 0.15) is 149 Å². The Kier molecular flexibility index (Phi) is 18.9. The number of hydrogen-bond donors (Lipinski definition) is 1. The second-order valence-corrected chi connectivity index (χ2v) is 13.2. The minimum Gasteiger partial charge on any atom is -0.349 e. The average molecular weight is 632 g/mol. The quantitative estimate of drug-likeness (QED) is 0.109. The number of nitrogens with zero attached hydrogens (tertiary/aromatic N) is 4. The summed E-state index contributed by atoms with van der Waals surface area (Å²) in [4.78, 5) is 58.3. The van der Waals surface area contributed by atoms with Gasteiger partial charge in [-0.05, 0) is 19.3 Å². The van der Waals surface area contributed by atoms with Gasteiger partial charge in [-0.2, -0.15) is 0 Å². The Bertz CT molecular complexity index is 1110. The summed E-state index contributed by atoms with van der Waals surface area (Å²) in [6, 6.07) is 0. The molecular formula is C36H65N5O4. The van der Waals surface area contributed by atoms with Gasteiger partial charge in [-0.15, -0.1) is 0 Å². The van der Waals surface area contributed by atoms with E-state index in [1.54, 1.807) is 7.05 Å². The number of carbonyl (C=O) groups is 2. The average Bonchev–Trinajstić information content (AvgIpc) is 3.37. The lowest BCUT2D eigenvalue weighted by molar-refractivity contribution is -0.133. The van der Waals surface area contributed by atoms with Crippen molar-refractivity contribution in [3.8, 4) is 0 Å². The Labute approximate surface area is 273 Å². The molecule has 1 aliphatic heterocycles. The van der Waals surface area contributed by atoms with E-state index in [1.807, 2.05) is 30.7 Å². The van der Waals surface area contributed by atoms with Gasteiger partial charge in [0.25, 0.3) is 5.56 Å². The van der Waals surface area contributed by atoms with Gasteiger partial charge in [0.05, 0.1) is 6.67 Å². The Morgan fingerprint density at radius 2 is 1.31 bits per heavy atom. The maximum Gasteiger partial charge on any atom is 0.329 e. The van der Waals surface area contributed by atoms with Crippen LogP contribution in [0, 0.1) is 5.92 Å². The molecule has 0 aromatic carbocycles. The van der Waals surface area contributed by atoms with Crippen molar-refractivity contribution in [1.29, 1.82) is 0 Å². The topological polar surface area (TPSA) is 98.7 Å². The number of ketones is 1. The van der Waals surface area contributed by atoms with Gasteiger partial charge in [0, 0.05) is 52.5 Å². The molecule has 2 heterocycles. The molecule has 9 heteroatoms. The number of rotatable bonds is 26. The number of aromatic nitrogens is 2. The van der Waals surface area contributed by atoms with Crippen LogP contribution in [-0.4, -0.2) is 59.5 Å². The largest absolute Gasteiger partial charge is 0.349 e. The number of fused-ring (bicyclic) bond motifs is 1. The molecule has 0 saturated heterocycles. The minimum atomic E-state index is -0.374. The van der Waals surface area contributed by atoms with E-state index in [2.05, 4.69) is 16.8 Å². The highest BCUT2D eigenvalue weighted by Crippen LogP contribution is 2.30. The molecule has 0 radical (unpaired) electrons. The van der Waals surface area contributed by atoms with Crippen LogP contribution in [0.4, 0.5) is 11.5 Å². The summed E-state index contributed by atoms with van der Waals surface area (Å²) >= 11 is 0. The molecule has 2 rings (SSSR count). The van der Waals surface area contributed by atoms with Crippen molar-refractivity contribution in [1.82, 2.24) is 14.5 Å². The van der Waals surface area contributed by atoms with Gasteiger partial charge in [0.2, 0.25) is 5.91 Å². The number of nitrogens with one attached hydrogen (secondary N) is 1. The van der Waals surface area contributed by atoms with Crippen molar-refractivity contribution < 1.29 is 9.59 Å². The molecule has 0 fully saturated rings. The van der Waals surface area contributed by atoms with E-state index in [0.717, 1.165) is 70.9 Å². The van der Waals surface area contributed by atoms with Gasteiger partial charge in [-0.1, -0.05) is 117 Å². The molecule has 1 aliphatic rings. The van der Waals surface area contributed by atoms with Crippen molar-refractivity contribution in [2.45, 2.75) is 149 Å². The molecule has 1 N–H and O–H groups in total. The Balaban J connectivity index is 1.64. The van der Waals surface area contributed by atoms with E-state index < -0.39 is 0 Å². The maximum atomic E-state index is 12.8. The predicted molar refractivity (Wildman–Crippen MR) is 187 cm³/mol. The van der Waals surface area contributed by atoms with Gasteiger partial charge >= 0.3 is 5.69 Å². The zero-order valence-electron chi connectivity index (χ0n) is 29.5. The van der Waals surface area contributed by atoms with Crippen LogP contribution in [0.3, 0.4) is 0 Å². The first-order valence-corrected chi connectivity index (χ1v) is 18.3. The number of Topliss-reactive ketones (excluding diaryl/α,β-unsaturated/α-hetero) is 1. The fourth-order valence-electron chi connectivity index (χ4n) is 6.69. The summed E-state index contributed by atoms with van der Waals surface area (Å²) < 4.78 is 1.53. The second kappa shape index (κ2) is 22.0. The van der Waals surface area contributed by atoms with Crippen LogP contribution in [0.25, 0.3) is 0 Å². The first-order chi connectivity index (χ1) is 21.7. The molecule has 45 heavy (non-hydrogen) atoms. The van der Waals surface area contributed by atoms with E-state index in [9.17, 15) is 19.2 Å². The summed E-state index contributed by atoms with van der Waals surface area (Å²) in [6.45, 7) is 8.94. The zero-order chi connectivity index (χ0) is 33.0. The van der Waals surface area contributed by atoms with Gasteiger partial charge in [0.1, 0.15) is 17.3 Å².